The minimum Gasteiger partial charge on any atom is -0.308 e. The van der Waals surface area contributed by atoms with Crippen LogP contribution in [0.25, 0.3) is 21.7 Å². The lowest BCUT2D eigenvalue weighted by molar-refractivity contribution is -0.113. The average Bonchev–Trinajstić information content (AvgIpc) is 3.45. The molecule has 188 valence electrons. The molecule has 0 spiro atoms. The molecule has 5 aromatic rings. The van der Waals surface area contributed by atoms with Gasteiger partial charge in [0, 0.05) is 17.4 Å². The predicted molar refractivity (Wildman–Crippen MR) is 147 cm³/mol. The minimum atomic E-state index is -0.425. The fourth-order valence-electron chi connectivity index (χ4n) is 3.75. The first-order chi connectivity index (χ1) is 17.8. The molecule has 0 saturated carbocycles. The van der Waals surface area contributed by atoms with Crippen molar-refractivity contribution in [3.63, 3.8) is 0 Å². The Hall–Kier alpha value is -3.61. The van der Waals surface area contributed by atoms with Gasteiger partial charge in [0.1, 0.15) is 10.5 Å². The van der Waals surface area contributed by atoms with E-state index in [1.165, 1.54) is 45.7 Å². The summed E-state index contributed by atoms with van der Waals surface area (Å²) in [6.07, 6.45) is 0.900. The molecule has 0 aliphatic carbocycles. The third-order valence-corrected chi connectivity index (χ3v) is 7.86. The highest BCUT2D eigenvalue weighted by Crippen LogP contribution is 2.28. The Labute approximate surface area is 224 Å². The van der Waals surface area contributed by atoms with Crippen LogP contribution in [0.1, 0.15) is 18.2 Å². The van der Waals surface area contributed by atoms with Crippen LogP contribution in [0.15, 0.2) is 64.5 Å². The summed E-state index contributed by atoms with van der Waals surface area (Å²) in [5.41, 5.74) is 3.29. The zero-order valence-corrected chi connectivity index (χ0v) is 22.3. The normalized spacial score (nSPS) is 11.2. The number of thioether (sulfide) groups is 1. The number of rotatable bonds is 7. The maximum Gasteiger partial charge on any atom is 0.278 e. The van der Waals surface area contributed by atoms with Crippen molar-refractivity contribution < 1.29 is 9.18 Å². The van der Waals surface area contributed by atoms with Crippen LogP contribution in [0.3, 0.4) is 0 Å². The second kappa shape index (κ2) is 10.4. The highest BCUT2D eigenvalue weighted by Gasteiger charge is 2.20. The predicted octanol–water partition coefficient (Wildman–Crippen LogP) is 5.43. The van der Waals surface area contributed by atoms with E-state index in [1.807, 2.05) is 31.2 Å². The molecule has 0 atom stereocenters. The summed E-state index contributed by atoms with van der Waals surface area (Å²) in [4.78, 5) is 31.1. The molecule has 0 saturated heterocycles. The van der Waals surface area contributed by atoms with E-state index in [1.54, 1.807) is 10.6 Å². The van der Waals surface area contributed by atoms with E-state index < -0.39 is 5.82 Å². The molecule has 2 N–H and O–H groups in total. The Bertz CT molecular complexity index is 1720. The molecule has 5 rings (SSSR count). The molecule has 1 amide bonds. The first kappa shape index (κ1) is 25.1. The van der Waals surface area contributed by atoms with Gasteiger partial charge in [-0.1, -0.05) is 42.2 Å². The van der Waals surface area contributed by atoms with Crippen molar-refractivity contribution in [3.8, 4) is 11.4 Å². The lowest BCUT2D eigenvalue weighted by atomic mass is 10.1. The Balaban J connectivity index is 1.60. The Morgan fingerprint density at radius 3 is 2.46 bits per heavy atom. The number of hydrogen-bond donors (Lipinski definition) is 2. The Kier molecular flexibility index (Phi) is 7.04. The summed E-state index contributed by atoms with van der Waals surface area (Å²) >= 11 is 7.88. The molecule has 0 radical (unpaired) electrons. The molecule has 0 aliphatic heterocycles. The quantitative estimate of drug-likeness (QED) is 0.159. The molecule has 0 aliphatic rings. The number of halogens is 1. The second-order valence-corrected chi connectivity index (χ2v) is 10.7. The van der Waals surface area contributed by atoms with Crippen LogP contribution in [-0.2, 0) is 11.2 Å². The van der Waals surface area contributed by atoms with E-state index in [0.29, 0.717) is 25.8 Å². The highest BCUT2D eigenvalue weighted by molar-refractivity contribution is 7.99. The van der Waals surface area contributed by atoms with E-state index in [0.717, 1.165) is 29.6 Å². The van der Waals surface area contributed by atoms with Crippen LogP contribution < -0.4 is 10.9 Å². The van der Waals surface area contributed by atoms with Gasteiger partial charge in [-0.2, -0.15) is 5.10 Å². The molecule has 3 heterocycles. The third kappa shape index (κ3) is 5.13. The summed E-state index contributed by atoms with van der Waals surface area (Å²) in [6, 6.07) is 15.2. The van der Waals surface area contributed by atoms with Crippen molar-refractivity contribution in [2.45, 2.75) is 25.4 Å². The summed E-state index contributed by atoms with van der Waals surface area (Å²) in [5, 5.41) is 9.78. The Morgan fingerprint density at radius 1 is 1.14 bits per heavy atom. The topological polar surface area (TPSA) is 97.6 Å². The summed E-state index contributed by atoms with van der Waals surface area (Å²) in [6.45, 7) is 3.91. The van der Waals surface area contributed by atoms with Gasteiger partial charge in [-0.15, -0.1) is 0 Å². The van der Waals surface area contributed by atoms with Crippen LogP contribution in [-0.4, -0.2) is 36.0 Å². The van der Waals surface area contributed by atoms with E-state index in [9.17, 15) is 14.0 Å². The van der Waals surface area contributed by atoms with Crippen molar-refractivity contribution in [1.29, 1.82) is 0 Å². The highest BCUT2D eigenvalue weighted by atomic mass is 32.2. The fraction of sp³-hybridized carbons (Fsp3) is 0.160. The summed E-state index contributed by atoms with van der Waals surface area (Å²) in [7, 11) is 0. The van der Waals surface area contributed by atoms with Gasteiger partial charge in [0.15, 0.2) is 20.6 Å². The number of H-pyrrole nitrogens is 1. The number of fused-ring (bicyclic) bond motifs is 1. The number of nitrogens with zero attached hydrogens (tertiary/aromatic N) is 4. The zero-order chi connectivity index (χ0) is 26.1. The molecule has 3 aromatic heterocycles. The fourth-order valence-corrected chi connectivity index (χ4v) is 5.86. The molecule has 12 heteroatoms. The van der Waals surface area contributed by atoms with Crippen molar-refractivity contribution in [3.05, 3.63) is 86.0 Å². The van der Waals surface area contributed by atoms with E-state index in [4.69, 9.17) is 17.2 Å². The first-order valence-electron chi connectivity index (χ1n) is 11.3. The van der Waals surface area contributed by atoms with Gasteiger partial charge in [0.2, 0.25) is 5.91 Å². The van der Waals surface area contributed by atoms with Crippen LogP contribution in [0.4, 0.5) is 10.2 Å². The largest absolute Gasteiger partial charge is 0.308 e. The average molecular weight is 553 g/mol. The van der Waals surface area contributed by atoms with Gasteiger partial charge in [-0.05, 0) is 67.5 Å². The van der Waals surface area contributed by atoms with Gasteiger partial charge in [-0.3, -0.25) is 23.8 Å². The molecular weight excluding hydrogens is 532 g/mol. The molecular formula is C25H21FN6O2S3. The SMILES string of the molecule is CCc1ccc(-n2c(=S)sc3c(=O)n(-c4ccc(F)cc4)c(SCC(=O)Nc4cc(C)[nH]n4)nc32)cc1. The van der Waals surface area contributed by atoms with E-state index in [-0.39, 0.29) is 22.4 Å². The smallest absolute Gasteiger partial charge is 0.278 e. The second-order valence-electron chi connectivity index (χ2n) is 8.16. The maximum atomic E-state index is 13.7. The molecule has 37 heavy (non-hydrogen) atoms. The number of aryl methyl sites for hydroxylation is 2. The minimum absolute atomic E-state index is 0.0267. The number of carbonyl (C=O) groups excluding carboxylic acids is 1. The molecule has 8 nitrogen and oxygen atoms in total. The van der Waals surface area contributed by atoms with Gasteiger partial charge < -0.3 is 5.32 Å². The number of aromatic nitrogens is 5. The molecule has 0 bridgehead atoms. The summed E-state index contributed by atoms with van der Waals surface area (Å²) < 4.78 is 17.6. The van der Waals surface area contributed by atoms with E-state index in [2.05, 4.69) is 22.4 Å². The number of benzene rings is 2. The maximum absolute atomic E-state index is 13.7. The number of hydrogen-bond acceptors (Lipinski definition) is 7. The van der Waals surface area contributed by atoms with Gasteiger partial charge in [0.25, 0.3) is 5.56 Å². The van der Waals surface area contributed by atoms with Crippen molar-refractivity contribution >= 4 is 57.4 Å². The van der Waals surface area contributed by atoms with E-state index >= 15 is 0 Å². The number of thiazole rings is 1. The number of aromatic amines is 1. The molecule has 0 fully saturated rings. The van der Waals surface area contributed by atoms with Crippen molar-refractivity contribution in [2.24, 2.45) is 0 Å². The Morgan fingerprint density at radius 2 is 1.81 bits per heavy atom. The first-order valence-corrected chi connectivity index (χ1v) is 13.5. The molecule has 2 aromatic carbocycles. The number of anilines is 1. The zero-order valence-electron chi connectivity index (χ0n) is 19.8. The van der Waals surface area contributed by atoms with Crippen LogP contribution in [0, 0.1) is 16.7 Å². The van der Waals surface area contributed by atoms with Gasteiger partial charge in [-0.25, -0.2) is 9.37 Å². The molecule has 0 unspecified atom stereocenters. The van der Waals surface area contributed by atoms with Crippen LogP contribution in [0.5, 0.6) is 0 Å². The monoisotopic (exact) mass is 552 g/mol. The van der Waals surface area contributed by atoms with Crippen molar-refractivity contribution in [2.75, 3.05) is 11.1 Å². The van der Waals surface area contributed by atoms with Gasteiger partial charge >= 0.3 is 0 Å². The number of nitrogens with one attached hydrogen (secondary N) is 2. The lowest BCUT2D eigenvalue weighted by Gasteiger charge is -2.13. The van der Waals surface area contributed by atoms with Crippen LogP contribution >= 0.6 is 35.3 Å². The third-order valence-electron chi connectivity index (χ3n) is 5.57. The number of amides is 1. The van der Waals surface area contributed by atoms with Gasteiger partial charge in [0.05, 0.1) is 11.4 Å². The lowest BCUT2D eigenvalue weighted by Crippen LogP contribution is -2.23. The standard InChI is InChI=1S/C25H21FN6O2S3/c1-3-15-4-8-17(9-5-15)31-22-21(37-25(31)35)23(34)32(18-10-6-16(26)7-11-18)24(28-22)36-13-20(33)27-19-12-14(2)29-30-19/h4-12H,3,13H2,1-2H3,(H2,27,29,30,33). The number of carbonyl (C=O) groups is 1. The van der Waals surface area contributed by atoms with Crippen LogP contribution in [0.2, 0.25) is 0 Å². The summed E-state index contributed by atoms with van der Waals surface area (Å²) in [5.74, 6) is -0.356. The van der Waals surface area contributed by atoms with Crippen molar-refractivity contribution in [1.82, 2.24) is 24.3 Å².